The van der Waals surface area contributed by atoms with E-state index in [0.29, 0.717) is 11.5 Å². The van der Waals surface area contributed by atoms with E-state index in [1.54, 1.807) is 12.1 Å². The zero-order valence-electron chi connectivity index (χ0n) is 12.2. The summed E-state index contributed by atoms with van der Waals surface area (Å²) in [6, 6.07) is 7.29. The molecule has 0 amide bonds. The fourth-order valence-electron chi connectivity index (χ4n) is 2.33. The second-order valence-electron chi connectivity index (χ2n) is 4.97. The number of carboxylic acid groups (broad SMARTS) is 1. The number of rotatable bonds is 8. The summed E-state index contributed by atoms with van der Waals surface area (Å²) in [5.74, 6) is -0.147. The third-order valence-corrected chi connectivity index (χ3v) is 3.76. The van der Waals surface area contributed by atoms with Crippen molar-refractivity contribution < 1.29 is 9.90 Å². The van der Waals surface area contributed by atoms with E-state index < -0.39 is 5.97 Å². The maximum Gasteiger partial charge on any atom is 0.336 e. The van der Waals surface area contributed by atoms with Gasteiger partial charge in [0.25, 0.3) is 0 Å². The summed E-state index contributed by atoms with van der Waals surface area (Å²) in [5.41, 5.74) is 1.33. The largest absolute Gasteiger partial charge is 0.478 e. The quantitative estimate of drug-likeness (QED) is 0.778. The van der Waals surface area contributed by atoms with Gasteiger partial charge in [-0.15, -0.1) is 0 Å². The van der Waals surface area contributed by atoms with Crippen LogP contribution in [-0.4, -0.2) is 29.1 Å². The summed E-state index contributed by atoms with van der Waals surface area (Å²) >= 11 is 0. The van der Waals surface area contributed by atoms with Crippen LogP contribution in [0.3, 0.4) is 0 Å². The summed E-state index contributed by atoms with van der Waals surface area (Å²) in [6.45, 7) is 9.27. The Kier molecular flexibility index (Phi) is 6.57. The predicted molar refractivity (Wildman–Crippen MR) is 78.4 cm³/mol. The topological polar surface area (TPSA) is 40.5 Å². The molecule has 1 aromatic carbocycles. The minimum atomic E-state index is -0.839. The van der Waals surface area contributed by atoms with Crippen molar-refractivity contribution in [2.24, 2.45) is 5.92 Å². The Morgan fingerprint density at radius 3 is 2.37 bits per heavy atom. The van der Waals surface area contributed by atoms with Gasteiger partial charge in [0.1, 0.15) is 0 Å². The fourth-order valence-corrected chi connectivity index (χ4v) is 2.33. The first-order valence-corrected chi connectivity index (χ1v) is 7.15. The highest BCUT2D eigenvalue weighted by atomic mass is 16.4. The molecule has 0 radical (unpaired) electrons. The maximum atomic E-state index is 11.2. The van der Waals surface area contributed by atoms with E-state index in [2.05, 4.69) is 25.7 Å². The highest BCUT2D eigenvalue weighted by Crippen LogP contribution is 2.15. The summed E-state index contributed by atoms with van der Waals surface area (Å²) in [7, 11) is 0. The second kappa shape index (κ2) is 7.95. The van der Waals surface area contributed by atoms with E-state index in [-0.39, 0.29) is 0 Å². The Labute approximate surface area is 116 Å². The highest BCUT2D eigenvalue weighted by Gasteiger charge is 2.14. The number of hydrogen-bond acceptors (Lipinski definition) is 2. The van der Waals surface area contributed by atoms with E-state index in [4.69, 9.17) is 0 Å². The Hall–Kier alpha value is -1.35. The van der Waals surface area contributed by atoms with E-state index in [1.807, 2.05) is 12.1 Å². The van der Waals surface area contributed by atoms with Gasteiger partial charge in [-0.2, -0.15) is 0 Å². The lowest BCUT2D eigenvalue weighted by atomic mass is 10.0. The van der Waals surface area contributed by atoms with Crippen LogP contribution < -0.4 is 0 Å². The van der Waals surface area contributed by atoms with E-state index >= 15 is 0 Å². The van der Waals surface area contributed by atoms with Crippen molar-refractivity contribution >= 4 is 5.97 Å². The third-order valence-electron chi connectivity index (χ3n) is 3.76. The number of hydrogen-bond donors (Lipinski definition) is 1. The average Bonchev–Trinajstić information content (AvgIpc) is 2.43. The molecular weight excluding hydrogens is 238 g/mol. The van der Waals surface area contributed by atoms with Crippen molar-refractivity contribution in [3.8, 4) is 0 Å². The first kappa shape index (κ1) is 15.7. The summed E-state index contributed by atoms with van der Waals surface area (Å²) in [6.07, 6.45) is 2.35. The van der Waals surface area contributed by atoms with Crippen molar-refractivity contribution in [2.75, 3.05) is 13.1 Å². The van der Waals surface area contributed by atoms with Crippen molar-refractivity contribution in [3.05, 3.63) is 35.4 Å². The standard InChI is InChI=1S/C16H25NO2/c1-4-13(5-2)11-17(6-3)12-14-9-7-8-10-15(14)16(18)19/h7-10,13H,4-6,11-12H2,1-3H3,(H,18,19). The molecule has 0 aliphatic heterocycles. The van der Waals surface area contributed by atoms with E-state index in [0.717, 1.165) is 25.2 Å². The first-order chi connectivity index (χ1) is 9.12. The fraction of sp³-hybridized carbons (Fsp3) is 0.562. The lowest BCUT2D eigenvalue weighted by Crippen LogP contribution is -2.29. The lowest BCUT2D eigenvalue weighted by Gasteiger charge is -2.25. The number of carbonyl (C=O) groups is 1. The summed E-state index contributed by atoms with van der Waals surface area (Å²) in [4.78, 5) is 13.5. The molecule has 0 atom stereocenters. The van der Waals surface area contributed by atoms with Crippen LogP contribution in [-0.2, 0) is 6.54 Å². The molecule has 3 nitrogen and oxygen atoms in total. The normalized spacial score (nSPS) is 11.2. The van der Waals surface area contributed by atoms with Gasteiger partial charge < -0.3 is 5.11 Å². The van der Waals surface area contributed by atoms with Gasteiger partial charge in [-0.05, 0) is 24.1 Å². The van der Waals surface area contributed by atoms with Crippen molar-refractivity contribution in [1.29, 1.82) is 0 Å². The predicted octanol–water partition coefficient (Wildman–Crippen LogP) is 3.64. The molecule has 0 fully saturated rings. The van der Waals surface area contributed by atoms with E-state index in [1.165, 1.54) is 12.8 Å². The Bertz CT molecular complexity index is 399. The van der Waals surface area contributed by atoms with Gasteiger partial charge in [-0.3, -0.25) is 4.90 Å². The molecule has 0 aliphatic rings. The first-order valence-electron chi connectivity index (χ1n) is 7.15. The molecule has 0 saturated carbocycles. The Balaban J connectivity index is 2.78. The molecular formula is C16H25NO2. The molecule has 0 heterocycles. The molecule has 0 bridgehead atoms. The molecule has 1 aromatic rings. The SMILES string of the molecule is CCC(CC)CN(CC)Cc1ccccc1C(=O)O. The Morgan fingerprint density at radius 2 is 1.84 bits per heavy atom. The van der Waals surface area contributed by atoms with Gasteiger partial charge in [0.2, 0.25) is 0 Å². The molecule has 1 N–H and O–H groups in total. The molecule has 106 valence electrons. The van der Waals surface area contributed by atoms with Gasteiger partial charge in [-0.25, -0.2) is 4.79 Å². The lowest BCUT2D eigenvalue weighted by molar-refractivity contribution is 0.0694. The van der Waals surface area contributed by atoms with Gasteiger partial charge in [0.15, 0.2) is 0 Å². The minimum absolute atomic E-state index is 0.422. The third kappa shape index (κ3) is 4.67. The van der Waals surface area contributed by atoms with Crippen LogP contribution in [0.1, 0.15) is 49.5 Å². The van der Waals surface area contributed by atoms with Gasteiger partial charge >= 0.3 is 5.97 Å². The Morgan fingerprint density at radius 1 is 1.21 bits per heavy atom. The molecule has 19 heavy (non-hydrogen) atoms. The van der Waals surface area contributed by atoms with Crippen LogP contribution >= 0.6 is 0 Å². The number of carboxylic acids is 1. The molecule has 0 saturated heterocycles. The number of aromatic carboxylic acids is 1. The van der Waals surface area contributed by atoms with Gasteiger partial charge in [-0.1, -0.05) is 51.8 Å². The van der Waals surface area contributed by atoms with Crippen molar-refractivity contribution in [1.82, 2.24) is 4.90 Å². The van der Waals surface area contributed by atoms with Crippen LogP contribution in [0.4, 0.5) is 0 Å². The van der Waals surface area contributed by atoms with Gasteiger partial charge in [0, 0.05) is 13.1 Å². The van der Waals surface area contributed by atoms with Crippen LogP contribution in [0, 0.1) is 5.92 Å². The van der Waals surface area contributed by atoms with Crippen molar-refractivity contribution in [3.63, 3.8) is 0 Å². The van der Waals surface area contributed by atoms with E-state index in [9.17, 15) is 9.90 Å². The average molecular weight is 263 g/mol. The van der Waals surface area contributed by atoms with Gasteiger partial charge in [0.05, 0.1) is 5.56 Å². The zero-order valence-corrected chi connectivity index (χ0v) is 12.2. The molecule has 0 unspecified atom stereocenters. The molecule has 0 spiro atoms. The number of benzene rings is 1. The molecule has 0 aliphatic carbocycles. The second-order valence-corrected chi connectivity index (χ2v) is 4.97. The number of nitrogens with zero attached hydrogens (tertiary/aromatic N) is 1. The molecule has 3 heteroatoms. The smallest absolute Gasteiger partial charge is 0.336 e. The van der Waals surface area contributed by atoms with Crippen LogP contribution in [0.25, 0.3) is 0 Å². The highest BCUT2D eigenvalue weighted by molar-refractivity contribution is 5.89. The van der Waals surface area contributed by atoms with Crippen LogP contribution in [0.15, 0.2) is 24.3 Å². The van der Waals surface area contributed by atoms with Crippen molar-refractivity contribution in [2.45, 2.75) is 40.2 Å². The summed E-state index contributed by atoms with van der Waals surface area (Å²) < 4.78 is 0. The zero-order chi connectivity index (χ0) is 14.3. The minimum Gasteiger partial charge on any atom is -0.478 e. The van der Waals surface area contributed by atoms with Crippen LogP contribution in [0.2, 0.25) is 0 Å². The summed E-state index contributed by atoms with van der Waals surface area (Å²) in [5, 5.41) is 9.21. The molecule has 0 aromatic heterocycles. The van der Waals surface area contributed by atoms with Crippen LogP contribution in [0.5, 0.6) is 0 Å². The molecule has 1 rings (SSSR count). The monoisotopic (exact) mass is 263 g/mol. The maximum absolute atomic E-state index is 11.2.